The van der Waals surface area contributed by atoms with E-state index in [4.69, 9.17) is 0 Å². The van der Waals surface area contributed by atoms with Crippen molar-refractivity contribution >= 4 is 49.4 Å². The highest BCUT2D eigenvalue weighted by molar-refractivity contribution is 6.22. The first-order chi connectivity index (χ1) is 27.3. The molecule has 10 aromatic rings. The molecule has 10 aromatic carbocycles. The second-order valence-electron chi connectivity index (χ2n) is 14.1. The second kappa shape index (κ2) is 14.0. The number of hydrogen-bond acceptors (Lipinski definition) is 1. The van der Waals surface area contributed by atoms with Crippen LogP contribution in [0.5, 0.6) is 0 Å². The molecular formula is C54H37N. The summed E-state index contributed by atoms with van der Waals surface area (Å²) in [4.78, 5) is 2.47. The summed E-state index contributed by atoms with van der Waals surface area (Å²) in [6, 6.07) is 81.5. The third-order valence-corrected chi connectivity index (χ3v) is 10.9. The van der Waals surface area contributed by atoms with E-state index < -0.39 is 0 Å². The number of hydrogen-bond donors (Lipinski definition) is 0. The van der Waals surface area contributed by atoms with Gasteiger partial charge in [-0.05, 0) is 90.1 Å². The highest BCUT2D eigenvalue weighted by Gasteiger charge is 2.24. The van der Waals surface area contributed by atoms with Gasteiger partial charge in [-0.1, -0.05) is 200 Å². The lowest BCUT2D eigenvalue weighted by molar-refractivity contribution is 1.30. The van der Waals surface area contributed by atoms with E-state index in [-0.39, 0.29) is 0 Å². The van der Waals surface area contributed by atoms with E-state index in [9.17, 15) is 0 Å². The molecule has 0 amide bonds. The molecule has 0 saturated heterocycles. The fourth-order valence-electron chi connectivity index (χ4n) is 8.22. The molecular weight excluding hydrogens is 663 g/mol. The van der Waals surface area contributed by atoms with Crippen molar-refractivity contribution < 1.29 is 0 Å². The minimum atomic E-state index is 1.10. The van der Waals surface area contributed by atoms with E-state index in [2.05, 4.69) is 229 Å². The normalized spacial score (nSPS) is 11.3. The van der Waals surface area contributed by atoms with Crippen LogP contribution in [0.1, 0.15) is 0 Å². The maximum Gasteiger partial charge on any atom is 0.0624 e. The van der Waals surface area contributed by atoms with E-state index in [0.717, 1.165) is 17.1 Å². The minimum Gasteiger partial charge on any atom is -0.309 e. The van der Waals surface area contributed by atoms with E-state index in [1.54, 1.807) is 0 Å². The van der Waals surface area contributed by atoms with Gasteiger partial charge in [0.15, 0.2) is 0 Å². The van der Waals surface area contributed by atoms with Crippen molar-refractivity contribution in [2.24, 2.45) is 0 Å². The molecule has 0 aromatic heterocycles. The highest BCUT2D eigenvalue weighted by Crippen LogP contribution is 2.50. The van der Waals surface area contributed by atoms with Gasteiger partial charge in [0, 0.05) is 22.3 Å². The standard InChI is InChI=1S/C54H37N/c1-3-14-38(15-4-1)40-26-28-44(29-27-40)53-51-23-11-9-21-49(51)50-22-10-12-24-52(50)54(53)55(45-34-30-41(31-35-45)39-16-5-2-6-17-39)46-36-32-43(33-37-46)48-25-13-19-42-18-7-8-20-47(42)48/h1-37H. The van der Waals surface area contributed by atoms with Crippen LogP contribution >= 0.6 is 0 Å². The van der Waals surface area contributed by atoms with Crippen LogP contribution in [0.2, 0.25) is 0 Å². The molecule has 1 nitrogen and oxygen atoms in total. The van der Waals surface area contributed by atoms with Crippen molar-refractivity contribution in [1.82, 2.24) is 0 Å². The van der Waals surface area contributed by atoms with E-state index in [1.807, 2.05) is 0 Å². The molecule has 258 valence electrons. The van der Waals surface area contributed by atoms with Gasteiger partial charge in [-0.25, -0.2) is 0 Å². The quantitative estimate of drug-likeness (QED) is 0.150. The molecule has 0 aliphatic carbocycles. The summed E-state index contributed by atoms with van der Waals surface area (Å²) in [7, 11) is 0. The largest absolute Gasteiger partial charge is 0.309 e. The van der Waals surface area contributed by atoms with Crippen LogP contribution in [0.25, 0.3) is 76.8 Å². The van der Waals surface area contributed by atoms with Gasteiger partial charge < -0.3 is 4.90 Å². The first-order valence-corrected chi connectivity index (χ1v) is 18.9. The maximum atomic E-state index is 2.47. The van der Waals surface area contributed by atoms with E-state index >= 15 is 0 Å². The molecule has 0 unspecified atom stereocenters. The zero-order valence-electron chi connectivity index (χ0n) is 30.3. The highest BCUT2D eigenvalue weighted by atomic mass is 15.1. The van der Waals surface area contributed by atoms with Crippen molar-refractivity contribution in [2.75, 3.05) is 4.90 Å². The minimum absolute atomic E-state index is 1.10. The molecule has 0 aliphatic heterocycles. The summed E-state index contributed by atoms with van der Waals surface area (Å²) < 4.78 is 0. The monoisotopic (exact) mass is 699 g/mol. The molecule has 0 atom stereocenters. The number of anilines is 3. The van der Waals surface area contributed by atoms with Crippen LogP contribution < -0.4 is 4.90 Å². The molecule has 0 spiro atoms. The van der Waals surface area contributed by atoms with Gasteiger partial charge in [0.05, 0.1) is 5.69 Å². The predicted octanol–water partition coefficient (Wildman–Crippen LogP) is 15.3. The maximum absolute atomic E-state index is 2.47. The number of rotatable bonds is 7. The van der Waals surface area contributed by atoms with Gasteiger partial charge in [0.1, 0.15) is 0 Å². The average molecular weight is 700 g/mol. The zero-order chi connectivity index (χ0) is 36.6. The summed E-state index contributed by atoms with van der Waals surface area (Å²) >= 11 is 0. The van der Waals surface area contributed by atoms with Crippen molar-refractivity contribution in [2.45, 2.75) is 0 Å². The van der Waals surface area contributed by atoms with Gasteiger partial charge in [0.25, 0.3) is 0 Å². The average Bonchev–Trinajstić information content (AvgIpc) is 3.27. The first kappa shape index (κ1) is 32.4. The molecule has 1 heteroatoms. The van der Waals surface area contributed by atoms with E-state index in [0.29, 0.717) is 0 Å². The fourth-order valence-corrected chi connectivity index (χ4v) is 8.22. The SMILES string of the molecule is c1ccc(-c2ccc(-c3c(N(c4ccc(-c5ccccc5)cc4)c4ccc(-c5cccc6ccccc56)cc4)c4ccccc4c4ccccc34)cc2)cc1. The Morgan fingerprint density at radius 2 is 0.636 bits per heavy atom. The van der Waals surface area contributed by atoms with Crippen molar-refractivity contribution in [3.8, 4) is 44.5 Å². The van der Waals surface area contributed by atoms with Crippen molar-refractivity contribution in [1.29, 1.82) is 0 Å². The molecule has 0 N–H and O–H groups in total. The van der Waals surface area contributed by atoms with Crippen LogP contribution in [0.15, 0.2) is 224 Å². The Morgan fingerprint density at radius 1 is 0.236 bits per heavy atom. The molecule has 0 fully saturated rings. The molecule has 55 heavy (non-hydrogen) atoms. The van der Waals surface area contributed by atoms with Crippen LogP contribution in [-0.2, 0) is 0 Å². The van der Waals surface area contributed by atoms with Gasteiger partial charge in [0.2, 0.25) is 0 Å². The second-order valence-corrected chi connectivity index (χ2v) is 14.1. The Morgan fingerprint density at radius 3 is 1.24 bits per heavy atom. The lowest BCUT2D eigenvalue weighted by Gasteiger charge is -2.31. The fraction of sp³-hybridized carbons (Fsp3) is 0. The van der Waals surface area contributed by atoms with Crippen LogP contribution in [0.3, 0.4) is 0 Å². The number of fused-ring (bicyclic) bond motifs is 4. The van der Waals surface area contributed by atoms with E-state index in [1.165, 1.54) is 76.8 Å². The smallest absolute Gasteiger partial charge is 0.0624 e. The topological polar surface area (TPSA) is 3.24 Å². The third kappa shape index (κ3) is 5.93. The Kier molecular flexibility index (Phi) is 8.24. The third-order valence-electron chi connectivity index (χ3n) is 10.9. The Hall–Kier alpha value is -7.22. The Balaban J connectivity index is 1.22. The molecule has 0 aliphatic rings. The summed E-state index contributed by atoms with van der Waals surface area (Å²) in [6.07, 6.45) is 0. The number of nitrogens with zero attached hydrogens (tertiary/aromatic N) is 1. The summed E-state index contributed by atoms with van der Waals surface area (Å²) in [5.41, 5.74) is 13.0. The lowest BCUT2D eigenvalue weighted by Crippen LogP contribution is -2.12. The molecule has 10 rings (SSSR count). The molecule has 0 saturated carbocycles. The van der Waals surface area contributed by atoms with Crippen LogP contribution in [0, 0.1) is 0 Å². The first-order valence-electron chi connectivity index (χ1n) is 18.9. The van der Waals surface area contributed by atoms with Gasteiger partial charge in [-0.15, -0.1) is 0 Å². The van der Waals surface area contributed by atoms with Gasteiger partial charge in [-0.3, -0.25) is 0 Å². The molecule has 0 heterocycles. The van der Waals surface area contributed by atoms with Crippen molar-refractivity contribution in [3.63, 3.8) is 0 Å². The molecule has 0 radical (unpaired) electrons. The zero-order valence-corrected chi connectivity index (χ0v) is 30.3. The van der Waals surface area contributed by atoms with Gasteiger partial charge >= 0.3 is 0 Å². The van der Waals surface area contributed by atoms with Crippen molar-refractivity contribution in [3.05, 3.63) is 224 Å². The Labute approximate surface area is 322 Å². The van der Waals surface area contributed by atoms with Gasteiger partial charge in [-0.2, -0.15) is 0 Å². The summed E-state index contributed by atoms with van der Waals surface area (Å²) in [5.74, 6) is 0. The number of benzene rings is 10. The Bertz CT molecular complexity index is 2920. The van der Waals surface area contributed by atoms with Crippen LogP contribution in [-0.4, -0.2) is 0 Å². The summed E-state index contributed by atoms with van der Waals surface area (Å²) in [5, 5.41) is 7.41. The molecule has 0 bridgehead atoms. The predicted molar refractivity (Wildman–Crippen MR) is 235 cm³/mol. The summed E-state index contributed by atoms with van der Waals surface area (Å²) in [6.45, 7) is 0. The van der Waals surface area contributed by atoms with Crippen LogP contribution in [0.4, 0.5) is 17.1 Å². The lowest BCUT2D eigenvalue weighted by atomic mass is 9.89.